The van der Waals surface area contributed by atoms with Crippen LogP contribution < -0.4 is 5.32 Å². The topological polar surface area (TPSA) is 51.9 Å². The molecular formula is C24H23ClN4OS. The van der Waals surface area contributed by atoms with E-state index in [9.17, 15) is 4.79 Å². The Bertz CT molecular complexity index is 1110. The number of para-hydroxylation sites is 1. The number of nitrogens with one attached hydrogen (secondary N) is 1. The quantitative estimate of drug-likeness (QED) is 0.394. The summed E-state index contributed by atoms with van der Waals surface area (Å²) in [6.45, 7) is 0.613. The third-order valence-corrected chi connectivity index (χ3v) is 6.04. The van der Waals surface area contributed by atoms with Gasteiger partial charge < -0.3 is 9.88 Å². The minimum atomic E-state index is 0.0388. The number of hydrogen-bond donors (Lipinski definition) is 1. The van der Waals surface area contributed by atoms with Gasteiger partial charge in [-0.3, -0.25) is 4.79 Å². The first-order chi connectivity index (χ1) is 15.2. The van der Waals surface area contributed by atoms with E-state index >= 15 is 0 Å². The van der Waals surface area contributed by atoms with Crippen LogP contribution in [0.5, 0.6) is 0 Å². The molecule has 2 heterocycles. The van der Waals surface area contributed by atoms with Gasteiger partial charge in [-0.15, -0.1) is 11.8 Å². The fourth-order valence-corrected chi connectivity index (χ4v) is 4.23. The van der Waals surface area contributed by atoms with Crippen LogP contribution in [0.1, 0.15) is 11.1 Å². The molecular weight excluding hydrogens is 428 g/mol. The van der Waals surface area contributed by atoms with Crippen LogP contribution in [0.3, 0.4) is 0 Å². The van der Waals surface area contributed by atoms with Gasteiger partial charge in [0.05, 0.1) is 17.6 Å². The van der Waals surface area contributed by atoms with Crippen molar-refractivity contribution in [1.82, 2.24) is 19.7 Å². The van der Waals surface area contributed by atoms with E-state index in [0.717, 1.165) is 34.1 Å². The summed E-state index contributed by atoms with van der Waals surface area (Å²) in [4.78, 5) is 12.2. The minimum absolute atomic E-state index is 0.0388. The minimum Gasteiger partial charge on any atom is -0.355 e. The van der Waals surface area contributed by atoms with Crippen LogP contribution in [-0.4, -0.2) is 32.6 Å². The molecule has 7 heteroatoms. The summed E-state index contributed by atoms with van der Waals surface area (Å²) in [7, 11) is 0. The Labute approximate surface area is 191 Å². The first-order valence-corrected chi connectivity index (χ1v) is 11.6. The fourth-order valence-electron chi connectivity index (χ4n) is 3.29. The average Bonchev–Trinajstić information content (AvgIpc) is 3.45. The Morgan fingerprint density at radius 2 is 1.74 bits per heavy atom. The molecule has 0 aliphatic rings. The van der Waals surface area contributed by atoms with E-state index in [2.05, 4.69) is 15.0 Å². The molecule has 31 heavy (non-hydrogen) atoms. The van der Waals surface area contributed by atoms with Crippen LogP contribution in [0, 0.1) is 0 Å². The van der Waals surface area contributed by atoms with Gasteiger partial charge in [0, 0.05) is 35.3 Å². The summed E-state index contributed by atoms with van der Waals surface area (Å²) in [5, 5.41) is 8.31. The Morgan fingerprint density at radius 1 is 1.00 bits per heavy atom. The van der Waals surface area contributed by atoms with Gasteiger partial charge in [0.25, 0.3) is 0 Å². The van der Waals surface area contributed by atoms with Gasteiger partial charge >= 0.3 is 0 Å². The lowest BCUT2D eigenvalue weighted by molar-refractivity contribution is -0.118. The summed E-state index contributed by atoms with van der Waals surface area (Å²) < 4.78 is 3.99. The van der Waals surface area contributed by atoms with Gasteiger partial charge in [0.1, 0.15) is 5.82 Å². The Hall–Kier alpha value is -2.96. The fraction of sp³-hybridized carbons (Fsp3) is 0.167. The molecule has 2 aromatic heterocycles. The number of nitrogens with zero attached hydrogens (tertiary/aromatic N) is 3. The van der Waals surface area contributed by atoms with E-state index in [4.69, 9.17) is 11.6 Å². The maximum absolute atomic E-state index is 12.2. The van der Waals surface area contributed by atoms with Crippen molar-refractivity contribution in [3.8, 4) is 11.5 Å². The molecule has 1 amide bonds. The summed E-state index contributed by atoms with van der Waals surface area (Å²) in [6, 6.07) is 21.7. The Balaban J connectivity index is 1.34. The third-order valence-electron chi connectivity index (χ3n) is 4.81. The second kappa shape index (κ2) is 10.4. The summed E-state index contributed by atoms with van der Waals surface area (Å²) in [5.41, 5.74) is 3.24. The molecule has 5 nitrogen and oxygen atoms in total. The van der Waals surface area contributed by atoms with Gasteiger partial charge in [0.2, 0.25) is 5.91 Å². The molecule has 2 aromatic carbocycles. The molecule has 0 atom stereocenters. The molecule has 0 saturated carbocycles. The first-order valence-electron chi connectivity index (χ1n) is 10.1. The third kappa shape index (κ3) is 5.60. The number of aromatic nitrogens is 3. The zero-order chi connectivity index (χ0) is 21.5. The zero-order valence-corrected chi connectivity index (χ0v) is 18.5. The van der Waals surface area contributed by atoms with Crippen molar-refractivity contribution in [3.63, 3.8) is 0 Å². The molecule has 0 fully saturated rings. The smallest absolute Gasteiger partial charge is 0.230 e. The van der Waals surface area contributed by atoms with Crippen molar-refractivity contribution in [2.45, 2.75) is 12.2 Å². The SMILES string of the molecule is O=C(CSCc1cnn(-c2ccccc2)c1-n1cccc1)NCCc1ccc(Cl)cc1. The van der Waals surface area contributed by atoms with Crippen LogP contribution >= 0.6 is 23.4 Å². The zero-order valence-electron chi connectivity index (χ0n) is 16.9. The van der Waals surface area contributed by atoms with E-state index in [1.54, 1.807) is 11.8 Å². The van der Waals surface area contributed by atoms with Gasteiger partial charge in [-0.25, -0.2) is 4.68 Å². The van der Waals surface area contributed by atoms with E-state index in [0.29, 0.717) is 18.1 Å². The Morgan fingerprint density at radius 3 is 2.48 bits per heavy atom. The number of amides is 1. The second-order valence-corrected chi connectivity index (χ2v) is 8.47. The maximum atomic E-state index is 12.2. The van der Waals surface area contributed by atoms with Crippen molar-refractivity contribution < 1.29 is 4.79 Å². The predicted molar refractivity (Wildman–Crippen MR) is 127 cm³/mol. The van der Waals surface area contributed by atoms with Crippen LogP contribution in [0.4, 0.5) is 0 Å². The number of carbonyl (C=O) groups excluding carboxylic acids is 1. The molecule has 0 spiro atoms. The molecule has 4 aromatic rings. The molecule has 0 saturated heterocycles. The largest absolute Gasteiger partial charge is 0.355 e. The highest BCUT2D eigenvalue weighted by molar-refractivity contribution is 7.99. The van der Waals surface area contributed by atoms with Crippen LogP contribution in [0.25, 0.3) is 11.5 Å². The number of hydrogen-bond acceptors (Lipinski definition) is 3. The average molecular weight is 451 g/mol. The lowest BCUT2D eigenvalue weighted by Crippen LogP contribution is -2.27. The highest BCUT2D eigenvalue weighted by Crippen LogP contribution is 2.23. The highest BCUT2D eigenvalue weighted by atomic mass is 35.5. The lowest BCUT2D eigenvalue weighted by Gasteiger charge is -2.11. The standard InChI is InChI=1S/C24H23ClN4OS/c25-21-10-8-19(9-11-21)12-13-26-23(30)18-31-17-20-16-27-29(22-6-2-1-3-7-22)24(20)28-14-4-5-15-28/h1-11,14-16H,12-13,17-18H2,(H,26,30). The lowest BCUT2D eigenvalue weighted by atomic mass is 10.1. The molecule has 1 N–H and O–H groups in total. The van der Waals surface area contributed by atoms with Gasteiger partial charge in [0.15, 0.2) is 0 Å². The van der Waals surface area contributed by atoms with Crippen molar-refractivity contribution >= 4 is 29.3 Å². The molecule has 0 aliphatic carbocycles. The molecule has 158 valence electrons. The highest BCUT2D eigenvalue weighted by Gasteiger charge is 2.14. The molecule has 0 bridgehead atoms. The van der Waals surface area contributed by atoms with Crippen LogP contribution in [0.15, 0.2) is 85.3 Å². The number of thioether (sulfide) groups is 1. The Kier molecular flexibility index (Phi) is 7.12. The van der Waals surface area contributed by atoms with E-state index in [-0.39, 0.29) is 5.91 Å². The first kappa shape index (κ1) is 21.3. The molecule has 0 aliphatic heterocycles. The van der Waals surface area contributed by atoms with Gasteiger partial charge in [-0.05, 0) is 48.4 Å². The number of benzene rings is 2. The van der Waals surface area contributed by atoms with Crippen molar-refractivity contribution in [2.75, 3.05) is 12.3 Å². The van der Waals surface area contributed by atoms with Crippen molar-refractivity contribution in [2.24, 2.45) is 0 Å². The van der Waals surface area contributed by atoms with E-state index < -0.39 is 0 Å². The molecule has 0 radical (unpaired) electrons. The monoisotopic (exact) mass is 450 g/mol. The van der Waals surface area contributed by atoms with Crippen LogP contribution in [0.2, 0.25) is 5.02 Å². The van der Waals surface area contributed by atoms with Gasteiger partial charge in [-0.1, -0.05) is 41.9 Å². The summed E-state index contributed by atoms with van der Waals surface area (Å²) in [5.74, 6) is 2.14. The van der Waals surface area contributed by atoms with Gasteiger partial charge in [-0.2, -0.15) is 5.10 Å². The number of carbonyl (C=O) groups is 1. The summed E-state index contributed by atoms with van der Waals surface area (Å²) in [6.07, 6.45) is 6.69. The van der Waals surface area contributed by atoms with Crippen molar-refractivity contribution in [3.05, 3.63) is 101 Å². The number of rotatable bonds is 9. The van der Waals surface area contributed by atoms with Crippen LogP contribution in [-0.2, 0) is 17.0 Å². The predicted octanol–water partition coefficient (Wildman–Crippen LogP) is 4.91. The number of halogens is 1. The van der Waals surface area contributed by atoms with E-state index in [1.165, 1.54) is 0 Å². The maximum Gasteiger partial charge on any atom is 0.230 e. The normalized spacial score (nSPS) is 10.9. The van der Waals surface area contributed by atoms with Crippen molar-refractivity contribution in [1.29, 1.82) is 0 Å². The second-order valence-electron chi connectivity index (χ2n) is 7.05. The van der Waals surface area contributed by atoms with E-state index in [1.807, 2.05) is 90.0 Å². The molecule has 0 unspecified atom stereocenters. The molecule has 4 rings (SSSR count). The summed E-state index contributed by atoms with van der Waals surface area (Å²) >= 11 is 7.49.